The Balaban J connectivity index is 2.82. The molecule has 1 heterocycles. The zero-order valence-electron chi connectivity index (χ0n) is 11.0. The van der Waals surface area contributed by atoms with Gasteiger partial charge in [-0.15, -0.1) is 0 Å². The third-order valence-corrected chi connectivity index (χ3v) is 2.70. The van der Waals surface area contributed by atoms with Gasteiger partial charge >= 0.3 is 5.97 Å². The maximum absolute atomic E-state index is 11.4. The van der Waals surface area contributed by atoms with Gasteiger partial charge in [0.2, 0.25) is 0 Å². The van der Waals surface area contributed by atoms with Crippen molar-refractivity contribution in [1.29, 1.82) is 0 Å². The van der Waals surface area contributed by atoms with E-state index in [4.69, 9.17) is 5.73 Å². The maximum Gasteiger partial charge on any atom is 0.325 e. The molecule has 18 heavy (non-hydrogen) atoms. The molecular formula is C12H20N4O2. The van der Waals surface area contributed by atoms with Crippen LogP contribution in [0, 0.1) is 0 Å². The molecule has 0 spiro atoms. The topological polar surface area (TPSA) is 82.7 Å². The van der Waals surface area contributed by atoms with Crippen LogP contribution in [-0.4, -0.2) is 60.1 Å². The van der Waals surface area contributed by atoms with Gasteiger partial charge in [-0.1, -0.05) is 6.07 Å². The molecule has 100 valence electrons. The van der Waals surface area contributed by atoms with Gasteiger partial charge in [0.25, 0.3) is 0 Å². The number of nitrogens with zero attached hydrogens (tertiary/aromatic N) is 3. The van der Waals surface area contributed by atoms with Gasteiger partial charge < -0.3 is 15.7 Å². The number of anilines is 1. The molecule has 0 aliphatic rings. The normalized spacial score (nSPS) is 12.9. The number of carboxylic acids is 1. The van der Waals surface area contributed by atoms with Crippen LogP contribution in [0.15, 0.2) is 18.3 Å². The fourth-order valence-corrected chi connectivity index (χ4v) is 1.65. The summed E-state index contributed by atoms with van der Waals surface area (Å²) in [5.74, 6) is -0.498. The fourth-order valence-electron chi connectivity index (χ4n) is 1.65. The maximum atomic E-state index is 11.4. The molecule has 0 amide bonds. The minimum absolute atomic E-state index is 0.388. The number of carbonyl (C=O) groups is 1. The Morgan fingerprint density at radius 3 is 2.50 bits per heavy atom. The van der Waals surface area contributed by atoms with Crippen molar-refractivity contribution in [1.82, 2.24) is 14.8 Å². The van der Waals surface area contributed by atoms with Crippen LogP contribution in [0.2, 0.25) is 0 Å². The molecule has 0 aliphatic carbocycles. The SMILES string of the molecule is CN(C)CCN(C)C(C(=O)O)c1ccc(N)nc1. The van der Waals surface area contributed by atoms with Crippen molar-refractivity contribution in [2.75, 3.05) is 40.0 Å². The van der Waals surface area contributed by atoms with Gasteiger partial charge in [0.1, 0.15) is 11.9 Å². The average molecular weight is 252 g/mol. The molecule has 0 bridgehead atoms. The lowest BCUT2D eigenvalue weighted by molar-refractivity contribution is -0.143. The third kappa shape index (κ3) is 3.97. The van der Waals surface area contributed by atoms with Gasteiger partial charge in [0.05, 0.1) is 0 Å². The number of aromatic nitrogens is 1. The first kappa shape index (κ1) is 14.4. The molecule has 6 heteroatoms. The van der Waals surface area contributed by atoms with Gasteiger partial charge in [-0.05, 0) is 32.8 Å². The fraction of sp³-hybridized carbons (Fsp3) is 0.500. The number of nitrogen functional groups attached to an aromatic ring is 1. The van der Waals surface area contributed by atoms with Gasteiger partial charge in [-0.25, -0.2) is 4.98 Å². The summed E-state index contributed by atoms with van der Waals surface area (Å²) in [4.78, 5) is 19.1. The zero-order valence-corrected chi connectivity index (χ0v) is 11.0. The molecule has 0 radical (unpaired) electrons. The first-order chi connectivity index (χ1) is 8.41. The minimum atomic E-state index is -0.886. The lowest BCUT2D eigenvalue weighted by Gasteiger charge is -2.26. The summed E-state index contributed by atoms with van der Waals surface area (Å²) < 4.78 is 0. The highest BCUT2D eigenvalue weighted by Gasteiger charge is 2.24. The standard InChI is InChI=1S/C12H20N4O2/c1-15(2)6-7-16(3)11(12(17)18)9-4-5-10(13)14-8-9/h4-5,8,11H,6-7H2,1-3H3,(H2,13,14)(H,17,18). The van der Waals surface area contributed by atoms with Crippen molar-refractivity contribution in [3.63, 3.8) is 0 Å². The summed E-state index contributed by atoms with van der Waals surface area (Å²) in [6, 6.07) is 2.62. The first-order valence-electron chi connectivity index (χ1n) is 5.71. The molecule has 0 aliphatic heterocycles. The van der Waals surface area contributed by atoms with Crippen LogP contribution in [0.25, 0.3) is 0 Å². The summed E-state index contributed by atoms with van der Waals surface area (Å²) in [5, 5.41) is 9.32. The number of aliphatic carboxylic acids is 1. The summed E-state index contributed by atoms with van der Waals surface area (Å²) >= 11 is 0. The quantitative estimate of drug-likeness (QED) is 0.757. The van der Waals surface area contributed by atoms with Crippen LogP contribution >= 0.6 is 0 Å². The Bertz CT molecular complexity index is 392. The van der Waals surface area contributed by atoms with E-state index in [-0.39, 0.29) is 0 Å². The van der Waals surface area contributed by atoms with Crippen LogP contribution in [0.5, 0.6) is 0 Å². The second-order valence-corrected chi connectivity index (χ2v) is 4.54. The van der Waals surface area contributed by atoms with Gasteiger partial charge in [-0.3, -0.25) is 9.69 Å². The Labute approximate surface area is 107 Å². The highest BCUT2D eigenvalue weighted by atomic mass is 16.4. The van der Waals surface area contributed by atoms with E-state index in [0.29, 0.717) is 17.9 Å². The molecule has 0 fully saturated rings. The van der Waals surface area contributed by atoms with Crippen molar-refractivity contribution < 1.29 is 9.90 Å². The Hall–Kier alpha value is -1.66. The summed E-state index contributed by atoms with van der Waals surface area (Å²) in [6.45, 7) is 1.46. The van der Waals surface area contributed by atoms with E-state index in [9.17, 15) is 9.90 Å². The summed E-state index contributed by atoms with van der Waals surface area (Å²) in [7, 11) is 5.70. The van der Waals surface area contributed by atoms with Crippen molar-refractivity contribution in [3.8, 4) is 0 Å². The molecular weight excluding hydrogens is 232 g/mol. The van der Waals surface area contributed by atoms with E-state index in [1.165, 1.54) is 6.20 Å². The minimum Gasteiger partial charge on any atom is -0.480 e. The molecule has 1 aromatic rings. The molecule has 1 unspecified atom stereocenters. The zero-order chi connectivity index (χ0) is 13.7. The van der Waals surface area contributed by atoms with Crippen LogP contribution in [0.4, 0.5) is 5.82 Å². The highest BCUT2D eigenvalue weighted by molar-refractivity contribution is 5.75. The van der Waals surface area contributed by atoms with Crippen LogP contribution < -0.4 is 5.73 Å². The molecule has 0 saturated carbocycles. The summed E-state index contributed by atoms with van der Waals surface area (Å²) in [5.41, 5.74) is 6.14. The number of likely N-dealkylation sites (N-methyl/N-ethyl adjacent to an activating group) is 2. The lowest BCUT2D eigenvalue weighted by atomic mass is 10.1. The lowest BCUT2D eigenvalue weighted by Crippen LogP contribution is -2.35. The predicted octanol–water partition coefficient (Wildman–Crippen LogP) is 0.283. The Morgan fingerprint density at radius 1 is 1.39 bits per heavy atom. The van der Waals surface area contributed by atoms with E-state index >= 15 is 0 Å². The van der Waals surface area contributed by atoms with Crippen molar-refractivity contribution in [2.45, 2.75) is 6.04 Å². The number of rotatable bonds is 6. The highest BCUT2D eigenvalue weighted by Crippen LogP contribution is 2.19. The Morgan fingerprint density at radius 2 is 2.06 bits per heavy atom. The van der Waals surface area contributed by atoms with Crippen LogP contribution in [-0.2, 0) is 4.79 Å². The predicted molar refractivity (Wildman–Crippen MR) is 70.2 cm³/mol. The first-order valence-corrected chi connectivity index (χ1v) is 5.71. The number of hydrogen-bond donors (Lipinski definition) is 2. The molecule has 1 rings (SSSR count). The molecule has 6 nitrogen and oxygen atoms in total. The van der Waals surface area contributed by atoms with Gasteiger partial charge in [-0.2, -0.15) is 0 Å². The number of pyridine rings is 1. The van der Waals surface area contributed by atoms with E-state index in [0.717, 1.165) is 6.54 Å². The van der Waals surface area contributed by atoms with Crippen molar-refractivity contribution >= 4 is 11.8 Å². The molecule has 3 N–H and O–H groups in total. The molecule has 1 atom stereocenters. The van der Waals surface area contributed by atoms with Crippen molar-refractivity contribution in [2.24, 2.45) is 0 Å². The number of nitrogens with two attached hydrogens (primary N) is 1. The van der Waals surface area contributed by atoms with Gasteiger partial charge in [0, 0.05) is 19.3 Å². The van der Waals surface area contributed by atoms with Crippen LogP contribution in [0.3, 0.4) is 0 Å². The van der Waals surface area contributed by atoms with E-state index in [2.05, 4.69) is 4.98 Å². The van der Waals surface area contributed by atoms with Gasteiger partial charge in [0.15, 0.2) is 0 Å². The molecule has 0 aromatic carbocycles. The van der Waals surface area contributed by atoms with Crippen molar-refractivity contribution in [3.05, 3.63) is 23.9 Å². The second-order valence-electron chi connectivity index (χ2n) is 4.54. The average Bonchev–Trinajstić information content (AvgIpc) is 2.29. The largest absolute Gasteiger partial charge is 0.480 e. The molecule has 0 saturated heterocycles. The van der Waals surface area contributed by atoms with E-state index in [1.807, 2.05) is 19.0 Å². The second kappa shape index (κ2) is 6.32. The summed E-state index contributed by atoms with van der Waals surface area (Å²) in [6.07, 6.45) is 1.51. The smallest absolute Gasteiger partial charge is 0.325 e. The number of carboxylic acid groups (broad SMARTS) is 1. The van der Waals surface area contributed by atoms with E-state index < -0.39 is 12.0 Å². The van der Waals surface area contributed by atoms with Crippen LogP contribution in [0.1, 0.15) is 11.6 Å². The Kier molecular flexibility index (Phi) is 5.06. The molecule has 1 aromatic heterocycles. The monoisotopic (exact) mass is 252 g/mol. The third-order valence-electron chi connectivity index (χ3n) is 2.70. The number of hydrogen-bond acceptors (Lipinski definition) is 5. The van der Waals surface area contributed by atoms with E-state index in [1.54, 1.807) is 24.1 Å².